The summed E-state index contributed by atoms with van der Waals surface area (Å²) in [6.07, 6.45) is 1.32. The molecule has 0 saturated heterocycles. The van der Waals surface area contributed by atoms with Gasteiger partial charge in [0.05, 0.1) is 22.0 Å². The van der Waals surface area contributed by atoms with E-state index in [1.807, 2.05) is 0 Å². The Bertz CT molecular complexity index is 1100. The molecule has 1 N–H and O–H groups in total. The lowest BCUT2D eigenvalue weighted by Gasteiger charge is -2.32. The number of likely N-dealkylation sites (N-methyl/N-ethyl adjacent to an activating group) is 1. The van der Waals surface area contributed by atoms with Crippen LogP contribution in [0.15, 0.2) is 42.5 Å². The fraction of sp³-hybridized carbons (Fsp3) is 0.333. The molecule has 0 aliphatic rings. The van der Waals surface area contributed by atoms with E-state index in [-0.39, 0.29) is 18.1 Å². The van der Waals surface area contributed by atoms with E-state index < -0.39 is 28.5 Å². The van der Waals surface area contributed by atoms with Crippen LogP contribution in [-0.4, -0.2) is 51.0 Å². The molecule has 1 atom stereocenters. The zero-order valence-corrected chi connectivity index (χ0v) is 20.9. The quantitative estimate of drug-likeness (QED) is 0.542. The maximum atomic E-state index is 13.4. The predicted molar refractivity (Wildman–Crippen MR) is 129 cm³/mol. The Morgan fingerprint density at radius 2 is 1.75 bits per heavy atom. The first-order valence-corrected chi connectivity index (χ1v) is 12.6. The van der Waals surface area contributed by atoms with Crippen LogP contribution in [-0.2, 0) is 26.2 Å². The van der Waals surface area contributed by atoms with Crippen molar-refractivity contribution in [3.63, 3.8) is 0 Å². The van der Waals surface area contributed by atoms with Crippen molar-refractivity contribution < 1.29 is 18.0 Å². The summed E-state index contributed by atoms with van der Waals surface area (Å²) >= 11 is 18.1. The number of nitrogens with zero attached hydrogens (tertiary/aromatic N) is 2. The van der Waals surface area contributed by atoms with Crippen molar-refractivity contribution in [2.75, 3.05) is 24.2 Å². The van der Waals surface area contributed by atoms with Crippen LogP contribution in [0.3, 0.4) is 0 Å². The summed E-state index contributed by atoms with van der Waals surface area (Å²) in [6.45, 7) is 1.29. The number of benzene rings is 2. The highest BCUT2D eigenvalue weighted by Crippen LogP contribution is 2.25. The summed E-state index contributed by atoms with van der Waals surface area (Å²) in [5, 5.41) is 3.54. The molecule has 0 heterocycles. The standard InChI is InChI=1S/C21H24Cl3N3O4S/c1-4-19(21(29)25-2)26(12-14-8-9-17(23)18(24)10-14)20(28)13-27(32(3,30)31)16-7-5-6-15(22)11-16/h5-11,19H,4,12-13H2,1-3H3,(H,25,29). The fourth-order valence-electron chi connectivity index (χ4n) is 3.17. The highest BCUT2D eigenvalue weighted by molar-refractivity contribution is 7.92. The van der Waals surface area contributed by atoms with Gasteiger partial charge in [-0.15, -0.1) is 0 Å². The van der Waals surface area contributed by atoms with Gasteiger partial charge in [0.25, 0.3) is 0 Å². The van der Waals surface area contributed by atoms with Crippen LogP contribution in [0, 0.1) is 0 Å². The van der Waals surface area contributed by atoms with Crippen molar-refractivity contribution >= 4 is 62.3 Å². The Morgan fingerprint density at radius 3 is 2.28 bits per heavy atom. The lowest BCUT2D eigenvalue weighted by molar-refractivity contribution is -0.140. The van der Waals surface area contributed by atoms with Crippen molar-refractivity contribution in [1.29, 1.82) is 0 Å². The Morgan fingerprint density at radius 1 is 1.06 bits per heavy atom. The fourth-order valence-corrected chi connectivity index (χ4v) is 4.51. The van der Waals surface area contributed by atoms with E-state index in [1.54, 1.807) is 43.3 Å². The van der Waals surface area contributed by atoms with Gasteiger partial charge in [-0.1, -0.05) is 53.9 Å². The van der Waals surface area contributed by atoms with E-state index in [0.29, 0.717) is 27.1 Å². The molecule has 0 radical (unpaired) electrons. The van der Waals surface area contributed by atoms with E-state index in [0.717, 1.165) is 10.6 Å². The van der Waals surface area contributed by atoms with Gasteiger partial charge in [-0.05, 0) is 42.3 Å². The van der Waals surface area contributed by atoms with Crippen LogP contribution in [0.25, 0.3) is 0 Å². The third-order valence-corrected chi connectivity index (χ3v) is 6.86. The Balaban J connectivity index is 2.44. The second-order valence-electron chi connectivity index (χ2n) is 7.06. The maximum Gasteiger partial charge on any atom is 0.244 e. The van der Waals surface area contributed by atoms with E-state index >= 15 is 0 Å². The Labute approximate surface area is 203 Å². The van der Waals surface area contributed by atoms with E-state index in [9.17, 15) is 18.0 Å². The molecule has 0 saturated carbocycles. The molecule has 32 heavy (non-hydrogen) atoms. The number of carbonyl (C=O) groups is 2. The molecule has 2 amide bonds. The van der Waals surface area contributed by atoms with Crippen molar-refractivity contribution in [2.45, 2.75) is 25.9 Å². The molecule has 7 nitrogen and oxygen atoms in total. The zero-order chi connectivity index (χ0) is 24.1. The van der Waals surface area contributed by atoms with Crippen molar-refractivity contribution in [2.24, 2.45) is 0 Å². The Hall–Kier alpha value is -2.00. The largest absolute Gasteiger partial charge is 0.357 e. The van der Waals surface area contributed by atoms with E-state index in [1.165, 1.54) is 18.0 Å². The smallest absolute Gasteiger partial charge is 0.244 e. The van der Waals surface area contributed by atoms with Gasteiger partial charge < -0.3 is 10.2 Å². The minimum atomic E-state index is -3.82. The average molecular weight is 521 g/mol. The normalized spacial score (nSPS) is 12.2. The second kappa shape index (κ2) is 11.2. The lowest BCUT2D eigenvalue weighted by Crippen LogP contribution is -2.51. The van der Waals surface area contributed by atoms with Gasteiger partial charge in [-0.25, -0.2) is 8.42 Å². The molecule has 11 heteroatoms. The molecule has 174 valence electrons. The summed E-state index contributed by atoms with van der Waals surface area (Å²) < 4.78 is 25.9. The summed E-state index contributed by atoms with van der Waals surface area (Å²) in [6, 6.07) is 10.3. The van der Waals surface area contributed by atoms with Crippen LogP contribution >= 0.6 is 34.8 Å². The SMILES string of the molecule is CCC(C(=O)NC)N(Cc1ccc(Cl)c(Cl)c1)C(=O)CN(c1cccc(Cl)c1)S(C)(=O)=O. The zero-order valence-electron chi connectivity index (χ0n) is 17.8. The highest BCUT2D eigenvalue weighted by atomic mass is 35.5. The maximum absolute atomic E-state index is 13.4. The molecule has 0 bridgehead atoms. The molecule has 0 aliphatic heterocycles. The van der Waals surface area contributed by atoms with Crippen LogP contribution in [0.1, 0.15) is 18.9 Å². The van der Waals surface area contributed by atoms with Crippen molar-refractivity contribution in [1.82, 2.24) is 10.2 Å². The average Bonchev–Trinajstić information content (AvgIpc) is 2.73. The molecule has 0 fully saturated rings. The summed E-state index contributed by atoms with van der Waals surface area (Å²) in [4.78, 5) is 27.2. The van der Waals surface area contributed by atoms with Crippen LogP contribution in [0.2, 0.25) is 15.1 Å². The summed E-state index contributed by atoms with van der Waals surface area (Å²) in [5.74, 6) is -0.925. The van der Waals surface area contributed by atoms with Crippen LogP contribution in [0.5, 0.6) is 0 Å². The number of rotatable bonds is 9. The van der Waals surface area contributed by atoms with Gasteiger partial charge in [-0.2, -0.15) is 0 Å². The number of amides is 2. The second-order valence-corrected chi connectivity index (χ2v) is 10.2. The van der Waals surface area contributed by atoms with Gasteiger partial charge in [-0.3, -0.25) is 13.9 Å². The first-order chi connectivity index (χ1) is 15.0. The van der Waals surface area contributed by atoms with Gasteiger partial charge >= 0.3 is 0 Å². The minimum Gasteiger partial charge on any atom is -0.357 e. The van der Waals surface area contributed by atoms with Crippen LogP contribution < -0.4 is 9.62 Å². The number of sulfonamides is 1. The molecule has 0 aromatic heterocycles. The van der Waals surface area contributed by atoms with Gasteiger partial charge in [0.2, 0.25) is 21.8 Å². The summed E-state index contributed by atoms with van der Waals surface area (Å²) in [7, 11) is -2.34. The predicted octanol–water partition coefficient (Wildman–Crippen LogP) is 3.97. The first kappa shape index (κ1) is 26.3. The van der Waals surface area contributed by atoms with Crippen molar-refractivity contribution in [3.8, 4) is 0 Å². The summed E-state index contributed by atoms with van der Waals surface area (Å²) in [5.41, 5.74) is 0.889. The molecule has 2 rings (SSSR count). The third-order valence-electron chi connectivity index (χ3n) is 4.74. The number of anilines is 1. The monoisotopic (exact) mass is 519 g/mol. The lowest BCUT2D eigenvalue weighted by atomic mass is 10.1. The number of carbonyl (C=O) groups excluding carboxylic acids is 2. The Kier molecular flexibility index (Phi) is 9.21. The molecule has 0 spiro atoms. The number of hydrogen-bond acceptors (Lipinski definition) is 4. The minimum absolute atomic E-state index is 0.0365. The van der Waals surface area contributed by atoms with Gasteiger partial charge in [0.15, 0.2) is 0 Å². The highest BCUT2D eigenvalue weighted by Gasteiger charge is 2.31. The van der Waals surface area contributed by atoms with Gasteiger partial charge in [0, 0.05) is 18.6 Å². The molecular weight excluding hydrogens is 497 g/mol. The topological polar surface area (TPSA) is 86.8 Å². The number of hydrogen-bond donors (Lipinski definition) is 1. The first-order valence-electron chi connectivity index (χ1n) is 9.66. The number of halogens is 3. The van der Waals surface area contributed by atoms with E-state index in [2.05, 4.69) is 5.32 Å². The molecular formula is C21H24Cl3N3O4S. The van der Waals surface area contributed by atoms with Gasteiger partial charge in [0.1, 0.15) is 12.6 Å². The van der Waals surface area contributed by atoms with Crippen molar-refractivity contribution in [3.05, 3.63) is 63.1 Å². The molecule has 2 aromatic carbocycles. The molecule has 1 unspecified atom stereocenters. The molecule has 0 aliphatic carbocycles. The van der Waals surface area contributed by atoms with Crippen LogP contribution in [0.4, 0.5) is 5.69 Å². The third kappa shape index (κ3) is 6.75. The van der Waals surface area contributed by atoms with E-state index in [4.69, 9.17) is 34.8 Å². The number of nitrogens with one attached hydrogen (secondary N) is 1. The molecule has 2 aromatic rings.